The Bertz CT molecular complexity index is 1230. The number of ether oxygens (including phenoxy) is 2. The number of rotatable bonds is 8. The fraction of sp³-hybridized carbons (Fsp3) is 0.154. The van der Waals surface area contributed by atoms with Crippen LogP contribution in [0.5, 0.6) is 5.75 Å². The average molecular weight is 458 g/mol. The summed E-state index contributed by atoms with van der Waals surface area (Å²) in [5, 5.41) is 2.66. The van der Waals surface area contributed by atoms with Crippen molar-refractivity contribution in [2.24, 2.45) is 0 Å². The molecule has 0 aromatic heterocycles. The molecule has 4 rings (SSSR count). The van der Waals surface area contributed by atoms with Gasteiger partial charge in [-0.3, -0.25) is 19.3 Å². The zero-order chi connectivity index (χ0) is 24.1. The SMILES string of the molecule is CCOc1ccccc1NC(=O)COC(=O)c1cccc(CN2C(=O)c3ccccc3C2=O)c1. The number of anilines is 1. The fourth-order valence-corrected chi connectivity index (χ4v) is 3.61. The molecule has 8 heteroatoms. The number of benzene rings is 3. The van der Waals surface area contributed by atoms with Crippen molar-refractivity contribution in [3.05, 3.63) is 95.1 Å². The Kier molecular flexibility index (Phi) is 6.68. The summed E-state index contributed by atoms with van der Waals surface area (Å²) >= 11 is 0. The molecule has 0 radical (unpaired) electrons. The molecule has 3 aromatic rings. The monoisotopic (exact) mass is 458 g/mol. The zero-order valence-corrected chi connectivity index (χ0v) is 18.4. The Balaban J connectivity index is 1.37. The lowest BCUT2D eigenvalue weighted by Gasteiger charge is -2.14. The van der Waals surface area contributed by atoms with Crippen LogP contribution in [0.4, 0.5) is 5.69 Å². The molecular weight excluding hydrogens is 436 g/mol. The molecule has 0 spiro atoms. The molecule has 1 aliphatic heterocycles. The van der Waals surface area contributed by atoms with Crippen molar-refractivity contribution in [1.29, 1.82) is 0 Å². The molecule has 3 aromatic carbocycles. The number of carbonyl (C=O) groups is 4. The van der Waals surface area contributed by atoms with Gasteiger partial charge in [0.25, 0.3) is 17.7 Å². The van der Waals surface area contributed by atoms with Crippen LogP contribution in [-0.4, -0.2) is 41.8 Å². The van der Waals surface area contributed by atoms with Gasteiger partial charge in [0, 0.05) is 0 Å². The van der Waals surface area contributed by atoms with Crippen LogP contribution in [0, 0.1) is 0 Å². The highest BCUT2D eigenvalue weighted by Crippen LogP contribution is 2.25. The smallest absolute Gasteiger partial charge is 0.338 e. The third kappa shape index (κ3) is 4.80. The van der Waals surface area contributed by atoms with Gasteiger partial charge >= 0.3 is 5.97 Å². The third-order valence-corrected chi connectivity index (χ3v) is 5.18. The van der Waals surface area contributed by atoms with Gasteiger partial charge in [0.2, 0.25) is 0 Å². The van der Waals surface area contributed by atoms with Crippen LogP contribution >= 0.6 is 0 Å². The summed E-state index contributed by atoms with van der Waals surface area (Å²) in [5.41, 5.74) is 1.99. The summed E-state index contributed by atoms with van der Waals surface area (Å²) < 4.78 is 10.6. The first-order valence-corrected chi connectivity index (χ1v) is 10.7. The molecule has 0 aliphatic carbocycles. The Hall–Kier alpha value is -4.46. The van der Waals surface area contributed by atoms with E-state index in [1.54, 1.807) is 60.7 Å². The van der Waals surface area contributed by atoms with Gasteiger partial charge in [-0.05, 0) is 48.9 Å². The van der Waals surface area contributed by atoms with Crippen LogP contribution in [0.15, 0.2) is 72.8 Å². The van der Waals surface area contributed by atoms with Crippen molar-refractivity contribution >= 4 is 29.4 Å². The number of nitrogens with one attached hydrogen (secondary N) is 1. The lowest BCUT2D eigenvalue weighted by Crippen LogP contribution is -2.29. The van der Waals surface area contributed by atoms with Crippen LogP contribution in [0.3, 0.4) is 0 Å². The maximum absolute atomic E-state index is 12.6. The van der Waals surface area contributed by atoms with Crippen molar-refractivity contribution in [3.8, 4) is 5.75 Å². The van der Waals surface area contributed by atoms with E-state index in [1.165, 1.54) is 12.1 Å². The van der Waals surface area contributed by atoms with E-state index in [0.717, 1.165) is 4.90 Å². The number of imide groups is 1. The number of amides is 3. The maximum atomic E-state index is 12.6. The first kappa shape index (κ1) is 22.7. The van der Waals surface area contributed by atoms with Gasteiger partial charge in [0.15, 0.2) is 6.61 Å². The van der Waals surface area contributed by atoms with E-state index in [-0.39, 0.29) is 23.9 Å². The van der Waals surface area contributed by atoms with Gasteiger partial charge in [0.05, 0.1) is 35.5 Å². The standard InChI is InChI=1S/C26H22N2O6/c1-2-33-22-13-6-5-12-21(22)27-23(29)16-34-26(32)18-9-7-8-17(14-18)15-28-24(30)19-10-3-4-11-20(19)25(28)31/h3-14H,2,15-16H2,1H3,(H,27,29). The van der Waals surface area contributed by atoms with E-state index >= 15 is 0 Å². The van der Waals surface area contributed by atoms with E-state index in [0.29, 0.717) is 34.7 Å². The molecule has 1 heterocycles. The maximum Gasteiger partial charge on any atom is 0.338 e. The predicted octanol–water partition coefficient (Wildman–Crippen LogP) is 3.68. The molecule has 0 saturated carbocycles. The minimum absolute atomic E-state index is 0.0160. The van der Waals surface area contributed by atoms with Crippen LogP contribution in [0.2, 0.25) is 0 Å². The highest BCUT2D eigenvalue weighted by atomic mass is 16.5. The molecule has 0 saturated heterocycles. The summed E-state index contributed by atoms with van der Waals surface area (Å²) in [4.78, 5) is 51.1. The number of esters is 1. The van der Waals surface area contributed by atoms with Gasteiger partial charge in [-0.1, -0.05) is 36.4 Å². The largest absolute Gasteiger partial charge is 0.492 e. The molecular formula is C26H22N2O6. The first-order chi connectivity index (χ1) is 16.5. The number of hydrogen-bond acceptors (Lipinski definition) is 6. The van der Waals surface area contributed by atoms with Gasteiger partial charge < -0.3 is 14.8 Å². The Morgan fingerprint density at radius 1 is 0.882 bits per heavy atom. The number of para-hydroxylation sites is 2. The highest BCUT2D eigenvalue weighted by molar-refractivity contribution is 6.21. The summed E-state index contributed by atoms with van der Waals surface area (Å²) in [7, 11) is 0. The summed E-state index contributed by atoms with van der Waals surface area (Å²) in [6.07, 6.45) is 0. The van der Waals surface area contributed by atoms with E-state index in [4.69, 9.17) is 9.47 Å². The van der Waals surface area contributed by atoms with Crippen molar-refractivity contribution in [2.75, 3.05) is 18.5 Å². The number of hydrogen-bond donors (Lipinski definition) is 1. The number of nitrogens with zero attached hydrogens (tertiary/aromatic N) is 1. The molecule has 0 unspecified atom stereocenters. The summed E-state index contributed by atoms with van der Waals surface area (Å²) in [6.45, 7) is 1.81. The minimum atomic E-state index is -0.697. The number of fused-ring (bicyclic) bond motifs is 1. The van der Waals surface area contributed by atoms with Crippen molar-refractivity contribution in [1.82, 2.24) is 4.90 Å². The van der Waals surface area contributed by atoms with E-state index in [1.807, 2.05) is 6.92 Å². The Labute approximate surface area is 196 Å². The quantitative estimate of drug-likeness (QED) is 0.408. The Morgan fingerprint density at radius 3 is 2.26 bits per heavy atom. The molecule has 1 N–H and O–H groups in total. The third-order valence-electron chi connectivity index (χ3n) is 5.18. The average Bonchev–Trinajstić information content (AvgIpc) is 3.09. The lowest BCUT2D eigenvalue weighted by atomic mass is 10.1. The number of carbonyl (C=O) groups excluding carboxylic acids is 4. The molecule has 172 valence electrons. The molecule has 8 nitrogen and oxygen atoms in total. The van der Waals surface area contributed by atoms with Crippen LogP contribution in [0.1, 0.15) is 43.6 Å². The van der Waals surface area contributed by atoms with Crippen molar-refractivity contribution in [2.45, 2.75) is 13.5 Å². The van der Waals surface area contributed by atoms with E-state index in [9.17, 15) is 19.2 Å². The predicted molar refractivity (Wildman–Crippen MR) is 124 cm³/mol. The fourth-order valence-electron chi connectivity index (χ4n) is 3.61. The second-order valence-corrected chi connectivity index (χ2v) is 7.50. The Morgan fingerprint density at radius 2 is 1.56 bits per heavy atom. The molecule has 34 heavy (non-hydrogen) atoms. The molecule has 0 bridgehead atoms. The van der Waals surface area contributed by atoms with Gasteiger partial charge in [-0.25, -0.2) is 4.79 Å². The summed E-state index contributed by atoms with van der Waals surface area (Å²) in [6, 6.07) is 20.0. The normalized spacial score (nSPS) is 12.3. The van der Waals surface area contributed by atoms with Gasteiger partial charge in [-0.15, -0.1) is 0 Å². The topological polar surface area (TPSA) is 102 Å². The molecule has 0 atom stereocenters. The molecule has 3 amide bonds. The van der Waals surface area contributed by atoms with Gasteiger partial charge in [-0.2, -0.15) is 0 Å². The second kappa shape index (κ2) is 9.99. The van der Waals surface area contributed by atoms with Crippen molar-refractivity contribution < 1.29 is 28.7 Å². The lowest BCUT2D eigenvalue weighted by molar-refractivity contribution is -0.119. The second-order valence-electron chi connectivity index (χ2n) is 7.50. The highest BCUT2D eigenvalue weighted by Gasteiger charge is 2.35. The summed E-state index contributed by atoms with van der Waals surface area (Å²) in [5.74, 6) is -1.44. The van der Waals surface area contributed by atoms with E-state index < -0.39 is 18.5 Å². The zero-order valence-electron chi connectivity index (χ0n) is 18.4. The molecule has 1 aliphatic rings. The minimum Gasteiger partial charge on any atom is -0.492 e. The van der Waals surface area contributed by atoms with Crippen LogP contribution in [0.25, 0.3) is 0 Å². The van der Waals surface area contributed by atoms with Crippen LogP contribution < -0.4 is 10.1 Å². The van der Waals surface area contributed by atoms with Gasteiger partial charge in [0.1, 0.15) is 5.75 Å². The van der Waals surface area contributed by atoms with E-state index in [2.05, 4.69) is 5.32 Å². The van der Waals surface area contributed by atoms with Crippen LogP contribution in [-0.2, 0) is 16.1 Å². The first-order valence-electron chi connectivity index (χ1n) is 10.7. The van der Waals surface area contributed by atoms with Crippen molar-refractivity contribution in [3.63, 3.8) is 0 Å². The molecule has 0 fully saturated rings.